The summed E-state index contributed by atoms with van der Waals surface area (Å²) >= 11 is 0. The van der Waals surface area contributed by atoms with Crippen LogP contribution >= 0.6 is 0 Å². The second-order valence-corrected chi connectivity index (χ2v) is 11.9. The number of ether oxygens (including phenoxy) is 2. The molecule has 2 aliphatic heterocycles. The van der Waals surface area contributed by atoms with E-state index in [1.807, 2.05) is 4.90 Å². The van der Waals surface area contributed by atoms with Crippen LogP contribution in [-0.2, 0) is 14.6 Å². The number of sulfone groups is 1. The van der Waals surface area contributed by atoms with Crippen molar-refractivity contribution in [2.24, 2.45) is 0 Å². The number of amides is 1. The number of benzene rings is 1. The molecule has 1 aliphatic carbocycles. The first-order chi connectivity index (χ1) is 17.3. The molecule has 2 bridgehead atoms. The average molecular weight is 515 g/mol. The first-order valence-corrected chi connectivity index (χ1v) is 14.1. The van der Waals surface area contributed by atoms with Crippen molar-refractivity contribution in [2.75, 3.05) is 6.26 Å². The second kappa shape index (κ2) is 8.72. The van der Waals surface area contributed by atoms with Gasteiger partial charge in [0.1, 0.15) is 24.4 Å². The van der Waals surface area contributed by atoms with Crippen LogP contribution < -0.4 is 4.74 Å². The maximum atomic E-state index is 14.8. The van der Waals surface area contributed by atoms with Crippen LogP contribution in [0.3, 0.4) is 0 Å². The smallest absolute Gasteiger partial charge is 0.410 e. The van der Waals surface area contributed by atoms with Gasteiger partial charge < -0.3 is 14.4 Å². The monoisotopic (exact) mass is 514 g/mol. The third-order valence-corrected chi connectivity index (χ3v) is 8.66. The van der Waals surface area contributed by atoms with Gasteiger partial charge in [0.15, 0.2) is 15.5 Å². The second-order valence-electron chi connectivity index (χ2n) is 9.93. The lowest BCUT2D eigenvalue weighted by atomic mass is 9.96. The predicted molar refractivity (Wildman–Crippen MR) is 128 cm³/mol. The molecular formula is C25H27FN4O5S. The summed E-state index contributed by atoms with van der Waals surface area (Å²) in [7, 11) is -3.52. The van der Waals surface area contributed by atoms with E-state index >= 15 is 0 Å². The van der Waals surface area contributed by atoms with Crippen LogP contribution in [0.25, 0.3) is 16.7 Å². The number of aromatic nitrogens is 3. The summed E-state index contributed by atoms with van der Waals surface area (Å²) in [6, 6.07) is 5.74. The van der Waals surface area contributed by atoms with Crippen LogP contribution in [0.5, 0.6) is 5.88 Å². The molecule has 1 saturated carbocycles. The molecule has 0 spiro atoms. The van der Waals surface area contributed by atoms with Crippen molar-refractivity contribution in [3.05, 3.63) is 42.6 Å². The normalized spacial score (nSPS) is 24.1. The molecule has 3 fully saturated rings. The number of carbonyl (C=O) groups is 1. The number of nitrogens with zero attached hydrogens (tertiary/aromatic N) is 4. The molecule has 11 heteroatoms. The molecule has 2 saturated heterocycles. The zero-order valence-electron chi connectivity index (χ0n) is 19.8. The van der Waals surface area contributed by atoms with Gasteiger partial charge in [0.05, 0.1) is 16.0 Å². The number of halogens is 1. The molecule has 1 amide bonds. The van der Waals surface area contributed by atoms with Crippen LogP contribution in [0.4, 0.5) is 9.18 Å². The highest BCUT2D eigenvalue weighted by atomic mass is 32.2. The summed E-state index contributed by atoms with van der Waals surface area (Å²) in [6.45, 7) is 0. The highest BCUT2D eigenvalue weighted by Crippen LogP contribution is 2.39. The van der Waals surface area contributed by atoms with E-state index in [1.165, 1.54) is 18.5 Å². The van der Waals surface area contributed by atoms with Crippen molar-refractivity contribution in [1.82, 2.24) is 19.4 Å². The zero-order valence-corrected chi connectivity index (χ0v) is 20.7. The number of rotatable bonds is 5. The third kappa shape index (κ3) is 4.08. The first-order valence-electron chi connectivity index (χ1n) is 12.3. The number of carbonyl (C=O) groups excluding carboxylic acids is 1. The molecule has 190 valence electrons. The van der Waals surface area contributed by atoms with Crippen LogP contribution in [-0.4, -0.2) is 64.5 Å². The largest absolute Gasteiger partial charge is 0.474 e. The van der Waals surface area contributed by atoms with Crippen molar-refractivity contribution >= 4 is 27.0 Å². The van der Waals surface area contributed by atoms with Gasteiger partial charge in [-0.25, -0.2) is 27.6 Å². The molecular weight excluding hydrogens is 487 g/mol. The summed E-state index contributed by atoms with van der Waals surface area (Å²) in [6.07, 6.45) is 10.1. The standard InChI is InChI=1S/C25H27FN4O5S/c1-36(32,33)19-7-8-22(21(26)13-19)29-10-9-20-23(29)27-14-28-24(20)34-18-11-15-5-6-16(12-18)30(15)25(31)35-17-3-2-4-17/h7-10,13-18H,2-6,11-12H2,1H3/t15-,16-/m0/s1. The van der Waals surface area contributed by atoms with Gasteiger partial charge in [-0.2, -0.15) is 0 Å². The molecule has 9 nitrogen and oxygen atoms in total. The Morgan fingerprint density at radius 3 is 2.44 bits per heavy atom. The van der Waals surface area contributed by atoms with E-state index < -0.39 is 15.7 Å². The summed E-state index contributed by atoms with van der Waals surface area (Å²) in [5.74, 6) is -0.268. The molecule has 0 N–H and O–H groups in total. The summed E-state index contributed by atoms with van der Waals surface area (Å²) in [5, 5.41) is 0.628. The Balaban J connectivity index is 1.21. The van der Waals surface area contributed by atoms with Crippen LogP contribution in [0.15, 0.2) is 41.7 Å². The molecule has 0 unspecified atom stereocenters. The van der Waals surface area contributed by atoms with E-state index in [-0.39, 0.29) is 41.0 Å². The first kappa shape index (κ1) is 23.2. The van der Waals surface area contributed by atoms with Gasteiger partial charge in [-0.1, -0.05) is 0 Å². The summed E-state index contributed by atoms with van der Waals surface area (Å²) in [5.41, 5.74) is 0.633. The van der Waals surface area contributed by atoms with Crippen LogP contribution in [0.1, 0.15) is 44.9 Å². The third-order valence-electron chi connectivity index (χ3n) is 7.55. The Kier molecular flexibility index (Phi) is 5.62. The number of fused-ring (bicyclic) bond motifs is 3. The fraction of sp³-hybridized carbons (Fsp3) is 0.480. The van der Waals surface area contributed by atoms with E-state index in [9.17, 15) is 17.6 Å². The topological polar surface area (TPSA) is 104 Å². The van der Waals surface area contributed by atoms with Gasteiger partial charge >= 0.3 is 6.09 Å². The van der Waals surface area contributed by atoms with Gasteiger partial charge in [0.2, 0.25) is 5.88 Å². The maximum absolute atomic E-state index is 14.8. The Morgan fingerprint density at radius 1 is 1.06 bits per heavy atom. The number of hydrogen-bond acceptors (Lipinski definition) is 7. The van der Waals surface area contributed by atoms with E-state index in [0.717, 1.165) is 44.4 Å². The van der Waals surface area contributed by atoms with E-state index in [2.05, 4.69) is 9.97 Å². The summed E-state index contributed by atoms with van der Waals surface area (Å²) < 4.78 is 51.9. The van der Waals surface area contributed by atoms with E-state index in [0.29, 0.717) is 29.8 Å². The molecule has 36 heavy (non-hydrogen) atoms. The molecule has 3 aromatic rings. The Labute approximate surface area is 208 Å². The molecule has 0 radical (unpaired) electrons. The quantitative estimate of drug-likeness (QED) is 0.506. The lowest BCUT2D eigenvalue weighted by Gasteiger charge is -2.39. The lowest BCUT2D eigenvalue weighted by Crippen LogP contribution is -2.50. The zero-order chi connectivity index (χ0) is 25.0. The van der Waals surface area contributed by atoms with Crippen molar-refractivity contribution in [3.8, 4) is 11.6 Å². The molecule has 2 atom stereocenters. The summed E-state index contributed by atoms with van der Waals surface area (Å²) in [4.78, 5) is 23.2. The van der Waals surface area contributed by atoms with Gasteiger partial charge in [0.25, 0.3) is 0 Å². The highest BCUT2D eigenvalue weighted by Gasteiger charge is 2.45. The molecule has 3 aliphatic rings. The fourth-order valence-corrected chi connectivity index (χ4v) is 6.13. The molecule has 4 heterocycles. The molecule has 2 aromatic heterocycles. The van der Waals surface area contributed by atoms with Gasteiger partial charge in [-0.3, -0.25) is 4.57 Å². The fourth-order valence-electron chi connectivity index (χ4n) is 5.50. The molecule has 1 aromatic carbocycles. The van der Waals surface area contributed by atoms with Crippen molar-refractivity contribution in [2.45, 2.75) is 74.1 Å². The molecule has 6 rings (SSSR count). The minimum Gasteiger partial charge on any atom is -0.474 e. The minimum absolute atomic E-state index is 0.0663. The number of hydrogen-bond donors (Lipinski definition) is 0. The Hall–Kier alpha value is -3.21. The van der Waals surface area contributed by atoms with Crippen LogP contribution in [0.2, 0.25) is 0 Å². The highest BCUT2D eigenvalue weighted by molar-refractivity contribution is 7.90. The average Bonchev–Trinajstić information content (AvgIpc) is 3.35. The van der Waals surface area contributed by atoms with Gasteiger partial charge in [0, 0.05) is 37.4 Å². The van der Waals surface area contributed by atoms with E-state index in [4.69, 9.17) is 9.47 Å². The van der Waals surface area contributed by atoms with Gasteiger partial charge in [-0.15, -0.1) is 0 Å². The van der Waals surface area contributed by atoms with E-state index in [1.54, 1.807) is 16.8 Å². The Morgan fingerprint density at radius 2 is 1.81 bits per heavy atom. The van der Waals surface area contributed by atoms with Crippen molar-refractivity contribution in [3.63, 3.8) is 0 Å². The van der Waals surface area contributed by atoms with Crippen LogP contribution in [0, 0.1) is 5.82 Å². The van der Waals surface area contributed by atoms with Gasteiger partial charge in [-0.05, 0) is 56.4 Å². The predicted octanol–water partition coefficient (Wildman–Crippen LogP) is 4.03. The minimum atomic E-state index is -3.52. The lowest BCUT2D eigenvalue weighted by molar-refractivity contribution is -0.00484. The maximum Gasteiger partial charge on any atom is 0.410 e. The SMILES string of the molecule is CS(=O)(=O)c1ccc(-n2ccc3c(OC4C[C@@H]5CC[C@@H](C4)N5C(=O)OC4CCC4)ncnc32)c(F)c1. The van der Waals surface area contributed by atoms with Crippen molar-refractivity contribution < 1.29 is 27.1 Å². The number of piperidine rings is 1. The van der Waals surface area contributed by atoms with Crippen molar-refractivity contribution in [1.29, 1.82) is 0 Å². The Bertz CT molecular complexity index is 1420.